The third-order valence-corrected chi connectivity index (χ3v) is 8.48. The summed E-state index contributed by atoms with van der Waals surface area (Å²) in [6.45, 7) is 0. The third-order valence-electron chi connectivity index (χ3n) is 8.48. The zero-order valence-corrected chi connectivity index (χ0v) is 19.9. The molecule has 0 saturated heterocycles. The molecule has 1 aliphatic carbocycles. The molecule has 0 bridgehead atoms. The average molecular weight is 477 g/mol. The van der Waals surface area contributed by atoms with Crippen LogP contribution in [0, 0.1) is 0 Å². The van der Waals surface area contributed by atoms with Gasteiger partial charge in [0.1, 0.15) is 23.0 Å². The number of nitrogen functional groups attached to an aromatic ring is 4. The molecular formula is C30H28N4O2. The fourth-order valence-corrected chi connectivity index (χ4v) is 6.78. The lowest BCUT2D eigenvalue weighted by molar-refractivity contribution is 0.226. The molecule has 2 spiro atoms. The molecule has 0 amide bonds. The highest BCUT2D eigenvalue weighted by Crippen LogP contribution is 2.63. The molecule has 3 aliphatic rings. The minimum atomic E-state index is -0.199. The summed E-state index contributed by atoms with van der Waals surface area (Å²) in [6.07, 6.45) is 3.71. The normalized spacial score (nSPS) is 17.8. The molecule has 6 nitrogen and oxygen atoms in total. The molecule has 1 fully saturated rings. The summed E-state index contributed by atoms with van der Waals surface area (Å²) in [7, 11) is 0. The maximum absolute atomic E-state index is 6.33. The van der Waals surface area contributed by atoms with Crippen molar-refractivity contribution in [1.82, 2.24) is 0 Å². The topological polar surface area (TPSA) is 123 Å². The number of anilines is 4. The van der Waals surface area contributed by atoms with E-state index in [1.165, 1.54) is 22.3 Å². The van der Waals surface area contributed by atoms with Crippen molar-refractivity contribution in [3.63, 3.8) is 0 Å². The smallest absolute Gasteiger partial charge is 0.133 e. The number of fused-ring (bicyclic) bond motifs is 8. The van der Waals surface area contributed by atoms with Crippen molar-refractivity contribution in [2.75, 3.05) is 22.9 Å². The van der Waals surface area contributed by atoms with Crippen LogP contribution in [0.3, 0.4) is 0 Å². The molecule has 0 radical (unpaired) electrons. The van der Waals surface area contributed by atoms with Gasteiger partial charge < -0.3 is 32.4 Å². The van der Waals surface area contributed by atoms with Crippen LogP contribution in [0.5, 0.6) is 23.0 Å². The van der Waals surface area contributed by atoms with Crippen LogP contribution < -0.4 is 32.4 Å². The van der Waals surface area contributed by atoms with Crippen LogP contribution in [-0.4, -0.2) is 0 Å². The van der Waals surface area contributed by atoms with E-state index in [1.54, 1.807) is 0 Å². The van der Waals surface area contributed by atoms with Gasteiger partial charge in [0.05, 0.1) is 0 Å². The molecule has 180 valence electrons. The Bertz CT molecular complexity index is 1330. The quantitative estimate of drug-likeness (QED) is 0.228. The number of ether oxygens (including phenoxy) is 2. The van der Waals surface area contributed by atoms with Crippen LogP contribution in [0.15, 0.2) is 72.8 Å². The van der Waals surface area contributed by atoms with Crippen molar-refractivity contribution in [2.45, 2.75) is 36.5 Å². The van der Waals surface area contributed by atoms with E-state index in [4.69, 9.17) is 32.4 Å². The van der Waals surface area contributed by atoms with Crippen molar-refractivity contribution < 1.29 is 9.47 Å². The standard InChI is InChI=1S/C30H28N4O2/c31-17-1-5-21-25(13-17)35-26-14-18(32)2-6-22(26)29(21)9-11-30(12-10-29)23-7-3-19(33)15-27(23)36-28-16-20(34)4-8-24(28)30/h1-8,13-16H,9-12,31-34H2. The first kappa shape index (κ1) is 21.0. The molecule has 0 aromatic heterocycles. The Labute approximate surface area is 209 Å². The molecule has 36 heavy (non-hydrogen) atoms. The van der Waals surface area contributed by atoms with Crippen LogP contribution in [0.2, 0.25) is 0 Å². The van der Waals surface area contributed by atoms with Gasteiger partial charge >= 0.3 is 0 Å². The first-order valence-corrected chi connectivity index (χ1v) is 12.3. The Morgan fingerprint density at radius 3 is 0.917 bits per heavy atom. The van der Waals surface area contributed by atoms with E-state index < -0.39 is 0 Å². The fourth-order valence-electron chi connectivity index (χ4n) is 6.78. The number of rotatable bonds is 0. The van der Waals surface area contributed by atoms with Gasteiger partial charge in [0, 0.05) is 80.1 Å². The highest BCUT2D eigenvalue weighted by Gasteiger charge is 2.52. The van der Waals surface area contributed by atoms with Crippen LogP contribution in [0.1, 0.15) is 47.9 Å². The van der Waals surface area contributed by atoms with Crippen LogP contribution in [0.4, 0.5) is 22.7 Å². The lowest BCUT2D eigenvalue weighted by Gasteiger charge is -2.51. The van der Waals surface area contributed by atoms with E-state index in [0.29, 0.717) is 22.7 Å². The summed E-state index contributed by atoms with van der Waals surface area (Å²) in [5.74, 6) is 3.27. The molecule has 2 heterocycles. The summed E-state index contributed by atoms with van der Waals surface area (Å²) in [5, 5.41) is 0. The summed E-state index contributed by atoms with van der Waals surface area (Å²) in [4.78, 5) is 0. The summed E-state index contributed by atoms with van der Waals surface area (Å²) in [6, 6.07) is 24.1. The van der Waals surface area contributed by atoms with Crippen LogP contribution in [-0.2, 0) is 10.8 Å². The fraction of sp³-hybridized carbons (Fsp3) is 0.200. The van der Waals surface area contributed by atoms with Crippen molar-refractivity contribution in [2.24, 2.45) is 0 Å². The van der Waals surface area contributed by atoms with Gasteiger partial charge in [-0.2, -0.15) is 0 Å². The van der Waals surface area contributed by atoms with Gasteiger partial charge in [0.2, 0.25) is 0 Å². The molecule has 4 aromatic rings. The predicted molar refractivity (Wildman–Crippen MR) is 144 cm³/mol. The molecule has 6 heteroatoms. The number of hydrogen-bond acceptors (Lipinski definition) is 6. The van der Waals surface area contributed by atoms with E-state index in [1.807, 2.05) is 48.5 Å². The van der Waals surface area contributed by atoms with Gasteiger partial charge in [-0.1, -0.05) is 24.3 Å². The van der Waals surface area contributed by atoms with Crippen molar-refractivity contribution >= 4 is 22.7 Å². The maximum atomic E-state index is 6.33. The molecule has 2 aliphatic heterocycles. The zero-order chi connectivity index (χ0) is 24.7. The predicted octanol–water partition coefficient (Wildman–Crippen LogP) is 6.07. The highest BCUT2D eigenvalue weighted by atomic mass is 16.5. The number of nitrogens with two attached hydrogens (primary N) is 4. The largest absolute Gasteiger partial charge is 0.457 e. The molecule has 0 atom stereocenters. The van der Waals surface area contributed by atoms with Crippen molar-refractivity contribution in [3.8, 4) is 23.0 Å². The lowest BCUT2D eigenvalue weighted by Crippen LogP contribution is -2.43. The van der Waals surface area contributed by atoms with E-state index in [9.17, 15) is 0 Å². The molecule has 1 saturated carbocycles. The average Bonchev–Trinajstić information content (AvgIpc) is 2.85. The molecule has 7 rings (SSSR count). The van der Waals surface area contributed by atoms with E-state index >= 15 is 0 Å². The second-order valence-electron chi connectivity index (χ2n) is 10.4. The summed E-state index contributed by atoms with van der Waals surface area (Å²) >= 11 is 0. The third kappa shape index (κ3) is 2.78. The highest BCUT2D eigenvalue weighted by molar-refractivity contribution is 5.67. The molecule has 0 unspecified atom stereocenters. The van der Waals surface area contributed by atoms with E-state index in [2.05, 4.69) is 24.3 Å². The minimum absolute atomic E-state index is 0.199. The zero-order valence-electron chi connectivity index (χ0n) is 19.9. The van der Waals surface area contributed by atoms with Gasteiger partial charge in [-0.3, -0.25) is 0 Å². The van der Waals surface area contributed by atoms with Crippen molar-refractivity contribution in [1.29, 1.82) is 0 Å². The molecular weight excluding hydrogens is 448 g/mol. The summed E-state index contributed by atoms with van der Waals surface area (Å²) in [5.41, 5.74) is 31.7. The number of hydrogen-bond donors (Lipinski definition) is 4. The Kier molecular flexibility index (Phi) is 4.14. The molecule has 4 aromatic carbocycles. The number of benzene rings is 4. The van der Waals surface area contributed by atoms with E-state index in [0.717, 1.165) is 48.7 Å². The first-order chi connectivity index (χ1) is 17.4. The second-order valence-corrected chi connectivity index (χ2v) is 10.4. The van der Waals surface area contributed by atoms with Gasteiger partial charge in [0.15, 0.2) is 0 Å². The molecule has 8 N–H and O–H groups in total. The second kappa shape index (κ2) is 7.10. The first-order valence-electron chi connectivity index (χ1n) is 12.3. The minimum Gasteiger partial charge on any atom is -0.457 e. The van der Waals surface area contributed by atoms with E-state index in [-0.39, 0.29) is 10.8 Å². The van der Waals surface area contributed by atoms with Gasteiger partial charge in [0.25, 0.3) is 0 Å². The summed E-state index contributed by atoms with van der Waals surface area (Å²) < 4.78 is 12.7. The van der Waals surface area contributed by atoms with Crippen molar-refractivity contribution in [3.05, 3.63) is 95.1 Å². The van der Waals surface area contributed by atoms with Gasteiger partial charge in [-0.15, -0.1) is 0 Å². The Morgan fingerprint density at radius 1 is 0.417 bits per heavy atom. The SMILES string of the molecule is Nc1ccc2c(c1)Oc1cc(N)ccc1C21CCC2(CC1)c1ccc(N)cc1Oc1cc(N)ccc12. The lowest BCUT2D eigenvalue weighted by atomic mass is 9.54. The van der Waals surface area contributed by atoms with Crippen LogP contribution in [0.25, 0.3) is 0 Å². The Balaban J connectivity index is 1.40. The maximum Gasteiger partial charge on any atom is 0.133 e. The Hall–Kier alpha value is -4.32. The van der Waals surface area contributed by atoms with Gasteiger partial charge in [-0.05, 0) is 49.9 Å². The monoisotopic (exact) mass is 476 g/mol. The Morgan fingerprint density at radius 2 is 0.667 bits per heavy atom. The van der Waals surface area contributed by atoms with Gasteiger partial charge in [-0.25, -0.2) is 0 Å². The van der Waals surface area contributed by atoms with Crippen LogP contribution >= 0.6 is 0 Å².